The highest BCUT2D eigenvalue weighted by Crippen LogP contribution is 2.27. The van der Waals surface area contributed by atoms with Crippen molar-refractivity contribution in [3.63, 3.8) is 0 Å². The van der Waals surface area contributed by atoms with Crippen LogP contribution in [0.25, 0.3) is 5.65 Å². The minimum absolute atomic E-state index is 0.00948. The van der Waals surface area contributed by atoms with E-state index < -0.39 is 0 Å². The number of urea groups is 1. The number of amides is 2. The zero-order valence-electron chi connectivity index (χ0n) is 15.0. The quantitative estimate of drug-likeness (QED) is 0.785. The van der Waals surface area contributed by atoms with Crippen LogP contribution in [0.15, 0.2) is 43.0 Å². The minimum Gasteiger partial charge on any atom is -0.332 e. The Morgan fingerprint density at radius 1 is 1.27 bits per heavy atom. The molecule has 1 fully saturated rings. The third-order valence-corrected chi connectivity index (χ3v) is 5.07. The molecule has 136 valence electrons. The molecule has 3 aromatic rings. The van der Waals surface area contributed by atoms with Crippen molar-refractivity contribution in [1.29, 1.82) is 0 Å². The Morgan fingerprint density at radius 2 is 2.12 bits per heavy atom. The van der Waals surface area contributed by atoms with E-state index in [1.807, 2.05) is 50.8 Å². The van der Waals surface area contributed by atoms with Crippen LogP contribution < -0.4 is 5.32 Å². The van der Waals surface area contributed by atoms with Gasteiger partial charge in [-0.05, 0) is 43.4 Å². The van der Waals surface area contributed by atoms with Gasteiger partial charge in [0, 0.05) is 38.2 Å². The molecule has 0 atom stereocenters. The van der Waals surface area contributed by atoms with Crippen molar-refractivity contribution < 1.29 is 4.79 Å². The van der Waals surface area contributed by atoms with Crippen LogP contribution in [0.5, 0.6) is 0 Å². The van der Waals surface area contributed by atoms with Crippen molar-refractivity contribution in [2.24, 2.45) is 0 Å². The summed E-state index contributed by atoms with van der Waals surface area (Å²) in [6.45, 7) is 4.98. The number of carbonyl (C=O) groups is 1. The minimum atomic E-state index is -0.00948. The summed E-state index contributed by atoms with van der Waals surface area (Å²) in [6.07, 6.45) is 9.97. The molecule has 1 aliphatic rings. The lowest BCUT2D eigenvalue weighted by Gasteiger charge is -2.31. The van der Waals surface area contributed by atoms with E-state index in [1.54, 1.807) is 0 Å². The van der Waals surface area contributed by atoms with Crippen LogP contribution in [-0.4, -0.2) is 43.2 Å². The van der Waals surface area contributed by atoms with Crippen LogP contribution in [0.1, 0.15) is 36.9 Å². The molecule has 1 aliphatic heterocycles. The maximum Gasteiger partial charge on any atom is 0.317 e. The van der Waals surface area contributed by atoms with Crippen molar-refractivity contribution in [1.82, 2.24) is 29.4 Å². The summed E-state index contributed by atoms with van der Waals surface area (Å²) in [7, 11) is 0. The predicted molar refractivity (Wildman–Crippen MR) is 98.9 cm³/mol. The van der Waals surface area contributed by atoms with Crippen molar-refractivity contribution in [3.8, 4) is 0 Å². The standard InChI is InChI=1S/C19H24N6O/c1-2-25-13-16(11-21-25)15-6-9-23(10-7-15)19(26)20-12-17-14-24-8-4-3-5-18(24)22-17/h3-5,8,11,13-15H,2,6-7,9-10,12H2,1H3,(H,20,26). The molecule has 1 saturated heterocycles. The predicted octanol–water partition coefficient (Wildman–Crippen LogP) is 2.64. The molecular weight excluding hydrogens is 328 g/mol. The van der Waals surface area contributed by atoms with Crippen molar-refractivity contribution in [2.45, 2.75) is 38.8 Å². The number of fused-ring (bicyclic) bond motifs is 1. The molecule has 26 heavy (non-hydrogen) atoms. The first-order chi connectivity index (χ1) is 12.7. The van der Waals surface area contributed by atoms with Crippen LogP contribution >= 0.6 is 0 Å². The molecule has 4 heterocycles. The third-order valence-electron chi connectivity index (χ3n) is 5.07. The summed E-state index contributed by atoms with van der Waals surface area (Å²) in [5.74, 6) is 0.498. The summed E-state index contributed by atoms with van der Waals surface area (Å²) in [4.78, 5) is 18.9. The monoisotopic (exact) mass is 352 g/mol. The van der Waals surface area contributed by atoms with Gasteiger partial charge in [-0.25, -0.2) is 9.78 Å². The van der Waals surface area contributed by atoms with Gasteiger partial charge in [-0.2, -0.15) is 5.10 Å². The van der Waals surface area contributed by atoms with Crippen LogP contribution in [0.2, 0.25) is 0 Å². The maximum atomic E-state index is 12.4. The van der Waals surface area contributed by atoms with Gasteiger partial charge in [-0.1, -0.05) is 6.07 Å². The second kappa shape index (κ2) is 7.19. The first-order valence-electron chi connectivity index (χ1n) is 9.20. The molecule has 0 bridgehead atoms. The highest BCUT2D eigenvalue weighted by Gasteiger charge is 2.24. The van der Waals surface area contributed by atoms with Crippen LogP contribution in [-0.2, 0) is 13.1 Å². The average molecular weight is 352 g/mol. The number of aryl methyl sites for hydroxylation is 1. The molecule has 1 N–H and O–H groups in total. The zero-order valence-corrected chi connectivity index (χ0v) is 15.0. The smallest absolute Gasteiger partial charge is 0.317 e. The van der Waals surface area contributed by atoms with Crippen molar-refractivity contribution in [2.75, 3.05) is 13.1 Å². The summed E-state index contributed by atoms with van der Waals surface area (Å²) in [5, 5.41) is 7.35. The molecular formula is C19H24N6O. The number of imidazole rings is 1. The summed E-state index contributed by atoms with van der Waals surface area (Å²) < 4.78 is 3.92. The van der Waals surface area contributed by atoms with E-state index in [4.69, 9.17) is 0 Å². The van der Waals surface area contributed by atoms with Gasteiger partial charge in [-0.15, -0.1) is 0 Å². The zero-order chi connectivity index (χ0) is 17.9. The third kappa shape index (κ3) is 3.42. The van der Waals surface area contributed by atoms with Crippen LogP contribution in [0.3, 0.4) is 0 Å². The number of carbonyl (C=O) groups excluding carboxylic acids is 1. The van der Waals surface area contributed by atoms with E-state index >= 15 is 0 Å². The molecule has 4 rings (SSSR count). The summed E-state index contributed by atoms with van der Waals surface area (Å²) in [6, 6.07) is 5.87. The highest BCUT2D eigenvalue weighted by molar-refractivity contribution is 5.74. The largest absolute Gasteiger partial charge is 0.332 e. The van der Waals surface area contributed by atoms with Gasteiger partial charge in [-0.3, -0.25) is 4.68 Å². The Labute approximate surface area is 152 Å². The second-order valence-corrected chi connectivity index (χ2v) is 6.75. The van der Waals surface area contributed by atoms with E-state index in [-0.39, 0.29) is 6.03 Å². The van der Waals surface area contributed by atoms with Crippen molar-refractivity contribution >= 4 is 11.7 Å². The number of likely N-dealkylation sites (tertiary alicyclic amines) is 1. The molecule has 0 radical (unpaired) electrons. The Kier molecular flexibility index (Phi) is 4.60. The number of rotatable bonds is 4. The normalized spacial score (nSPS) is 15.5. The van der Waals surface area contributed by atoms with Gasteiger partial charge in [0.25, 0.3) is 0 Å². The fourth-order valence-corrected chi connectivity index (χ4v) is 3.53. The molecule has 7 heteroatoms. The molecule has 7 nitrogen and oxygen atoms in total. The van der Waals surface area contributed by atoms with E-state index in [1.165, 1.54) is 5.56 Å². The number of hydrogen-bond donors (Lipinski definition) is 1. The first kappa shape index (κ1) is 16.6. The number of piperidine rings is 1. The van der Waals surface area contributed by atoms with E-state index in [9.17, 15) is 4.79 Å². The Balaban J connectivity index is 1.29. The van der Waals surface area contributed by atoms with Gasteiger partial charge in [0.15, 0.2) is 0 Å². The average Bonchev–Trinajstić information content (AvgIpc) is 3.32. The highest BCUT2D eigenvalue weighted by atomic mass is 16.2. The number of nitrogens with zero attached hydrogens (tertiary/aromatic N) is 5. The number of pyridine rings is 1. The molecule has 0 unspecified atom stereocenters. The van der Waals surface area contributed by atoms with Gasteiger partial charge in [0.2, 0.25) is 0 Å². The fourth-order valence-electron chi connectivity index (χ4n) is 3.53. The van der Waals surface area contributed by atoms with Crippen LogP contribution in [0, 0.1) is 0 Å². The number of aromatic nitrogens is 4. The lowest BCUT2D eigenvalue weighted by molar-refractivity contribution is 0.181. The van der Waals surface area contributed by atoms with Crippen LogP contribution in [0.4, 0.5) is 4.79 Å². The van der Waals surface area contributed by atoms with Gasteiger partial charge in [0.05, 0.1) is 18.4 Å². The summed E-state index contributed by atoms with van der Waals surface area (Å²) in [5.41, 5.74) is 3.05. The molecule has 2 amide bonds. The summed E-state index contributed by atoms with van der Waals surface area (Å²) >= 11 is 0. The molecule has 0 aromatic carbocycles. The molecule has 0 saturated carbocycles. The fraction of sp³-hybridized carbons (Fsp3) is 0.421. The Hall–Kier alpha value is -2.83. The topological polar surface area (TPSA) is 67.5 Å². The van der Waals surface area contributed by atoms with E-state index in [2.05, 4.69) is 28.5 Å². The lowest BCUT2D eigenvalue weighted by Crippen LogP contribution is -2.43. The molecule has 0 spiro atoms. The Bertz CT molecular complexity index is 857. The van der Waals surface area contributed by atoms with E-state index in [0.717, 1.165) is 43.8 Å². The molecule has 3 aromatic heterocycles. The number of hydrogen-bond acceptors (Lipinski definition) is 3. The Morgan fingerprint density at radius 3 is 2.85 bits per heavy atom. The SMILES string of the molecule is CCn1cc(C2CCN(C(=O)NCc3cn4ccccc4n3)CC2)cn1. The van der Waals surface area contributed by atoms with Gasteiger partial charge in [0.1, 0.15) is 5.65 Å². The molecule has 0 aliphatic carbocycles. The second-order valence-electron chi connectivity index (χ2n) is 6.75. The van der Waals surface area contributed by atoms with Crippen molar-refractivity contribution in [3.05, 3.63) is 54.2 Å². The van der Waals surface area contributed by atoms with Gasteiger partial charge >= 0.3 is 6.03 Å². The van der Waals surface area contributed by atoms with E-state index in [0.29, 0.717) is 12.5 Å². The maximum absolute atomic E-state index is 12.4. The van der Waals surface area contributed by atoms with Gasteiger partial charge < -0.3 is 14.6 Å². The number of nitrogens with one attached hydrogen (secondary N) is 1. The lowest BCUT2D eigenvalue weighted by atomic mass is 9.92. The first-order valence-corrected chi connectivity index (χ1v) is 9.20.